The second-order valence-corrected chi connectivity index (χ2v) is 9.36. The molecule has 1 aliphatic rings. The van der Waals surface area contributed by atoms with Crippen LogP contribution in [0.5, 0.6) is 17.2 Å². The average molecular weight is 539 g/mol. The van der Waals surface area contributed by atoms with Crippen molar-refractivity contribution < 1.29 is 28.9 Å². The highest BCUT2D eigenvalue weighted by Gasteiger charge is 2.43. The minimum absolute atomic E-state index is 0.0185. The number of hydrogen-bond donors (Lipinski definition) is 2. The maximum Gasteiger partial charge on any atom is 0.290 e. The molecule has 8 heteroatoms. The van der Waals surface area contributed by atoms with Crippen molar-refractivity contribution >= 4 is 28.7 Å². The molecule has 1 unspecified atom stereocenters. The number of rotatable bonds is 10. The van der Waals surface area contributed by atoms with Crippen LogP contribution in [0.3, 0.4) is 0 Å². The number of allylic oxidation sites excluding steroid dienone is 1. The van der Waals surface area contributed by atoms with E-state index < -0.39 is 23.5 Å². The second kappa shape index (κ2) is 11.4. The molecule has 0 fully saturated rings. The number of ether oxygens (including phenoxy) is 3. The molecule has 0 aliphatic carbocycles. The van der Waals surface area contributed by atoms with E-state index in [0.29, 0.717) is 23.5 Å². The number of benzene rings is 3. The van der Waals surface area contributed by atoms with Crippen molar-refractivity contribution in [2.24, 2.45) is 0 Å². The highest BCUT2D eigenvalue weighted by molar-refractivity contribution is 6.14. The number of nitrogens with one attached hydrogen (secondary N) is 1. The summed E-state index contributed by atoms with van der Waals surface area (Å²) in [6, 6.07) is 19.5. The maximum absolute atomic E-state index is 13.5. The SMILES string of the molecule is COc1ccc2[nH]cc(CCN3C(=O)C(O)=C(C(=O)/C=C/c4ccccc4)C3c3ccc(OC)c(OC)c3)c2c1. The van der Waals surface area contributed by atoms with E-state index in [-0.39, 0.29) is 12.1 Å². The summed E-state index contributed by atoms with van der Waals surface area (Å²) >= 11 is 0. The van der Waals surface area contributed by atoms with E-state index in [2.05, 4.69) is 4.98 Å². The molecule has 1 amide bonds. The molecule has 0 saturated carbocycles. The molecule has 0 saturated heterocycles. The smallest absolute Gasteiger partial charge is 0.290 e. The summed E-state index contributed by atoms with van der Waals surface area (Å²) in [5.74, 6) is 0.0887. The van der Waals surface area contributed by atoms with Gasteiger partial charge in [-0.15, -0.1) is 0 Å². The van der Waals surface area contributed by atoms with Gasteiger partial charge in [-0.1, -0.05) is 42.5 Å². The standard InChI is InChI=1S/C32H30N2O6/c1-38-23-11-12-25-24(18-23)22(19-33-25)15-16-34-30(21-10-14-27(39-2)28(17-21)40-3)29(31(36)32(34)37)26(35)13-9-20-7-5-4-6-8-20/h4-14,17-19,30,33,36H,15-16H2,1-3H3/b13-9+. The average Bonchev–Trinajstić information content (AvgIpc) is 3.51. The van der Waals surface area contributed by atoms with Crippen LogP contribution in [-0.4, -0.2) is 54.6 Å². The molecule has 0 bridgehead atoms. The first-order chi connectivity index (χ1) is 19.4. The van der Waals surface area contributed by atoms with E-state index >= 15 is 0 Å². The van der Waals surface area contributed by atoms with E-state index in [9.17, 15) is 14.7 Å². The van der Waals surface area contributed by atoms with Crippen molar-refractivity contribution in [2.45, 2.75) is 12.5 Å². The Kier molecular flexibility index (Phi) is 7.59. The summed E-state index contributed by atoms with van der Waals surface area (Å²) in [4.78, 5) is 31.7. The molecule has 1 aromatic heterocycles. The molecule has 2 heterocycles. The Labute approximate surface area is 232 Å². The van der Waals surface area contributed by atoms with Gasteiger partial charge in [0.25, 0.3) is 5.91 Å². The highest BCUT2D eigenvalue weighted by Crippen LogP contribution is 2.41. The molecule has 8 nitrogen and oxygen atoms in total. The van der Waals surface area contributed by atoms with Gasteiger partial charge in [0.05, 0.1) is 32.9 Å². The van der Waals surface area contributed by atoms with E-state index in [0.717, 1.165) is 27.8 Å². The van der Waals surface area contributed by atoms with Gasteiger partial charge in [-0.25, -0.2) is 0 Å². The van der Waals surface area contributed by atoms with Crippen LogP contribution in [0.25, 0.3) is 17.0 Å². The quantitative estimate of drug-likeness (QED) is 0.262. The summed E-state index contributed by atoms with van der Waals surface area (Å²) in [6.45, 7) is 0.255. The van der Waals surface area contributed by atoms with E-state index in [1.165, 1.54) is 25.2 Å². The molecule has 40 heavy (non-hydrogen) atoms. The van der Waals surface area contributed by atoms with E-state index in [1.54, 1.807) is 31.4 Å². The lowest BCUT2D eigenvalue weighted by Crippen LogP contribution is -2.33. The van der Waals surface area contributed by atoms with Gasteiger partial charge in [-0.2, -0.15) is 0 Å². The Morgan fingerprint density at radius 1 is 0.975 bits per heavy atom. The van der Waals surface area contributed by atoms with Gasteiger partial charge in [-0.05, 0) is 59.5 Å². The van der Waals surface area contributed by atoms with E-state index in [4.69, 9.17) is 14.2 Å². The van der Waals surface area contributed by atoms with Crippen LogP contribution >= 0.6 is 0 Å². The summed E-state index contributed by atoms with van der Waals surface area (Å²) in [6.07, 6.45) is 5.44. The lowest BCUT2D eigenvalue weighted by Gasteiger charge is -2.27. The number of hydrogen-bond acceptors (Lipinski definition) is 6. The Morgan fingerprint density at radius 3 is 2.48 bits per heavy atom. The minimum atomic E-state index is -0.819. The number of amides is 1. The number of methoxy groups -OCH3 is 3. The van der Waals surface area contributed by atoms with Crippen molar-refractivity contribution in [1.82, 2.24) is 9.88 Å². The molecule has 2 N–H and O–H groups in total. The third-order valence-corrected chi connectivity index (χ3v) is 7.12. The number of aliphatic hydroxyl groups excluding tert-OH is 1. The fourth-order valence-corrected chi connectivity index (χ4v) is 5.06. The fourth-order valence-electron chi connectivity index (χ4n) is 5.06. The van der Waals surface area contributed by atoms with Crippen molar-refractivity contribution in [3.63, 3.8) is 0 Å². The molecule has 3 aromatic carbocycles. The largest absolute Gasteiger partial charge is 0.503 e. The van der Waals surface area contributed by atoms with Gasteiger partial charge in [0, 0.05) is 23.6 Å². The third-order valence-electron chi connectivity index (χ3n) is 7.12. The topological polar surface area (TPSA) is 101 Å². The molecular formula is C32H30N2O6. The number of H-pyrrole nitrogens is 1. The fraction of sp³-hybridized carbons (Fsp3) is 0.188. The van der Waals surface area contributed by atoms with Gasteiger partial charge in [0.2, 0.25) is 0 Å². The molecule has 0 spiro atoms. The maximum atomic E-state index is 13.5. The first-order valence-corrected chi connectivity index (χ1v) is 12.8. The van der Waals surface area contributed by atoms with Gasteiger partial charge in [-0.3, -0.25) is 9.59 Å². The Morgan fingerprint density at radius 2 is 1.75 bits per heavy atom. The number of ketones is 1. The van der Waals surface area contributed by atoms with Crippen LogP contribution < -0.4 is 14.2 Å². The number of carbonyl (C=O) groups excluding carboxylic acids is 2. The Hall–Kier alpha value is -4.98. The Bertz CT molecular complexity index is 1620. The van der Waals surface area contributed by atoms with Gasteiger partial charge < -0.3 is 29.2 Å². The number of aromatic amines is 1. The molecule has 5 rings (SSSR count). The number of aliphatic hydroxyl groups is 1. The third kappa shape index (κ3) is 5.03. The van der Waals surface area contributed by atoms with Gasteiger partial charge in [0.15, 0.2) is 23.0 Å². The molecule has 0 radical (unpaired) electrons. The zero-order chi connectivity index (χ0) is 28.2. The summed E-state index contributed by atoms with van der Waals surface area (Å²) in [5.41, 5.74) is 3.39. The summed E-state index contributed by atoms with van der Waals surface area (Å²) < 4.78 is 16.3. The summed E-state index contributed by atoms with van der Waals surface area (Å²) in [5, 5.41) is 12.0. The van der Waals surface area contributed by atoms with Crippen molar-refractivity contribution in [3.05, 3.63) is 107 Å². The van der Waals surface area contributed by atoms with Crippen molar-refractivity contribution in [2.75, 3.05) is 27.9 Å². The summed E-state index contributed by atoms with van der Waals surface area (Å²) in [7, 11) is 4.67. The number of carbonyl (C=O) groups is 2. The van der Waals surface area contributed by atoms with Crippen molar-refractivity contribution in [3.8, 4) is 17.2 Å². The molecule has 1 aliphatic heterocycles. The second-order valence-electron chi connectivity index (χ2n) is 9.36. The van der Waals surface area contributed by atoms with Crippen molar-refractivity contribution in [1.29, 1.82) is 0 Å². The Balaban J connectivity index is 1.51. The van der Waals surface area contributed by atoms with Gasteiger partial charge in [0.1, 0.15) is 5.75 Å². The number of fused-ring (bicyclic) bond motifs is 1. The molecule has 4 aromatic rings. The molecular weight excluding hydrogens is 508 g/mol. The van der Waals surface area contributed by atoms with Crippen LogP contribution in [0.4, 0.5) is 0 Å². The van der Waals surface area contributed by atoms with Crippen LogP contribution in [0, 0.1) is 0 Å². The van der Waals surface area contributed by atoms with Crippen LogP contribution in [0.15, 0.2) is 90.3 Å². The zero-order valence-electron chi connectivity index (χ0n) is 22.5. The van der Waals surface area contributed by atoms with E-state index in [1.807, 2.05) is 54.7 Å². The van der Waals surface area contributed by atoms with Gasteiger partial charge >= 0.3 is 0 Å². The van der Waals surface area contributed by atoms with Crippen LogP contribution in [0.2, 0.25) is 0 Å². The lowest BCUT2D eigenvalue weighted by molar-refractivity contribution is -0.129. The normalized spacial score (nSPS) is 15.3. The number of aromatic nitrogens is 1. The first-order valence-electron chi connectivity index (χ1n) is 12.8. The monoisotopic (exact) mass is 538 g/mol. The van der Waals surface area contributed by atoms with Crippen LogP contribution in [0.1, 0.15) is 22.7 Å². The predicted octanol–water partition coefficient (Wildman–Crippen LogP) is 5.41. The lowest BCUT2D eigenvalue weighted by atomic mass is 9.95. The molecule has 204 valence electrons. The minimum Gasteiger partial charge on any atom is -0.503 e. The number of nitrogens with zero attached hydrogens (tertiary/aromatic N) is 1. The molecule has 1 atom stereocenters. The predicted molar refractivity (Wildman–Crippen MR) is 153 cm³/mol. The van der Waals surface area contributed by atoms with Crippen LogP contribution in [-0.2, 0) is 16.0 Å². The highest BCUT2D eigenvalue weighted by atomic mass is 16.5. The first kappa shape index (κ1) is 26.6. The zero-order valence-corrected chi connectivity index (χ0v) is 22.5.